The van der Waals surface area contributed by atoms with Gasteiger partial charge >= 0.3 is 5.97 Å². The van der Waals surface area contributed by atoms with E-state index in [-0.39, 0.29) is 29.2 Å². The van der Waals surface area contributed by atoms with Gasteiger partial charge in [-0.1, -0.05) is 0 Å². The first kappa shape index (κ1) is 15.8. The minimum absolute atomic E-state index is 0.00401. The zero-order valence-corrected chi connectivity index (χ0v) is 11.9. The van der Waals surface area contributed by atoms with Crippen LogP contribution in [0, 0.1) is 5.92 Å². The number of aliphatic carboxylic acids is 1. The molecule has 0 spiro atoms. The number of hydrogen-bond donors (Lipinski definition) is 2. The lowest BCUT2D eigenvalue weighted by atomic mass is 9.96. The number of nitrogens with zero attached hydrogens (tertiary/aromatic N) is 1. The van der Waals surface area contributed by atoms with Crippen molar-refractivity contribution in [1.82, 2.24) is 10.2 Å². The fourth-order valence-electron chi connectivity index (χ4n) is 2.03. The summed E-state index contributed by atoms with van der Waals surface area (Å²) in [5.41, 5.74) is 0. The number of carboxylic acids is 1. The minimum Gasteiger partial charge on any atom is -0.481 e. The number of carboxylic acid groups (broad SMARTS) is 1. The fraction of sp³-hybridized carbons (Fsp3) is 0.750. The highest BCUT2D eigenvalue weighted by atomic mass is 32.2. The maximum Gasteiger partial charge on any atom is 0.313 e. The second kappa shape index (κ2) is 8.04. The molecule has 0 atom stereocenters. The first-order chi connectivity index (χ1) is 9.04. The first-order valence-corrected chi connectivity index (χ1v) is 7.55. The van der Waals surface area contributed by atoms with E-state index in [1.807, 2.05) is 6.92 Å². The van der Waals surface area contributed by atoms with Gasteiger partial charge in [0.05, 0.1) is 11.5 Å². The van der Waals surface area contributed by atoms with Crippen LogP contribution in [0.3, 0.4) is 0 Å². The molecule has 1 fully saturated rings. The Kier molecular flexibility index (Phi) is 6.69. The molecule has 0 aromatic carbocycles. The number of thioether (sulfide) groups is 1. The Bertz CT molecular complexity index is 341. The SMILES string of the molecule is CCNC(=O)C1CCN(C(=O)CSCC(=O)O)CC1. The molecule has 0 unspecified atom stereocenters. The van der Waals surface area contributed by atoms with Gasteiger partial charge in [-0.2, -0.15) is 0 Å². The predicted octanol–water partition coefficient (Wildman–Crippen LogP) is 0.179. The summed E-state index contributed by atoms with van der Waals surface area (Å²) in [6.45, 7) is 3.67. The molecule has 1 heterocycles. The van der Waals surface area contributed by atoms with Crippen LogP contribution in [0.25, 0.3) is 0 Å². The first-order valence-electron chi connectivity index (χ1n) is 6.39. The van der Waals surface area contributed by atoms with E-state index in [0.29, 0.717) is 32.5 Å². The molecule has 1 aliphatic heterocycles. The molecule has 6 nitrogen and oxygen atoms in total. The van der Waals surface area contributed by atoms with Gasteiger partial charge in [0.2, 0.25) is 11.8 Å². The summed E-state index contributed by atoms with van der Waals surface area (Å²) in [4.78, 5) is 35.5. The largest absolute Gasteiger partial charge is 0.481 e. The summed E-state index contributed by atoms with van der Waals surface area (Å²) in [5, 5.41) is 11.3. The van der Waals surface area contributed by atoms with Crippen LogP contribution in [-0.4, -0.2) is 58.9 Å². The van der Waals surface area contributed by atoms with Gasteiger partial charge in [0, 0.05) is 25.6 Å². The molecule has 0 aliphatic carbocycles. The van der Waals surface area contributed by atoms with Crippen molar-refractivity contribution in [3.8, 4) is 0 Å². The van der Waals surface area contributed by atoms with E-state index < -0.39 is 5.97 Å². The molecule has 1 saturated heterocycles. The third kappa shape index (κ3) is 5.50. The summed E-state index contributed by atoms with van der Waals surface area (Å²) < 4.78 is 0. The number of hydrogen-bond acceptors (Lipinski definition) is 4. The quantitative estimate of drug-likeness (QED) is 0.728. The van der Waals surface area contributed by atoms with Crippen LogP contribution in [0.1, 0.15) is 19.8 Å². The average Bonchev–Trinajstić information content (AvgIpc) is 2.38. The van der Waals surface area contributed by atoms with Crippen LogP contribution in [0.4, 0.5) is 0 Å². The molecule has 2 amide bonds. The molecule has 0 aromatic rings. The van der Waals surface area contributed by atoms with Gasteiger partial charge in [0.25, 0.3) is 0 Å². The molecule has 0 aromatic heterocycles. The number of amides is 2. The lowest BCUT2D eigenvalue weighted by molar-refractivity contribution is -0.134. The summed E-state index contributed by atoms with van der Waals surface area (Å²) in [7, 11) is 0. The van der Waals surface area contributed by atoms with Crippen LogP contribution < -0.4 is 5.32 Å². The predicted molar refractivity (Wildman–Crippen MR) is 72.9 cm³/mol. The van der Waals surface area contributed by atoms with E-state index in [9.17, 15) is 14.4 Å². The second-order valence-electron chi connectivity index (χ2n) is 4.44. The molecule has 19 heavy (non-hydrogen) atoms. The average molecular weight is 288 g/mol. The molecular weight excluding hydrogens is 268 g/mol. The van der Waals surface area contributed by atoms with Crippen LogP contribution >= 0.6 is 11.8 Å². The van der Waals surface area contributed by atoms with Gasteiger partial charge in [0.1, 0.15) is 0 Å². The summed E-state index contributed by atoms with van der Waals surface area (Å²) in [5.74, 6) is -0.752. The van der Waals surface area contributed by atoms with Crippen molar-refractivity contribution >= 4 is 29.5 Å². The number of rotatable bonds is 6. The highest BCUT2D eigenvalue weighted by Crippen LogP contribution is 2.18. The van der Waals surface area contributed by atoms with Crippen molar-refractivity contribution in [2.75, 3.05) is 31.1 Å². The molecule has 1 aliphatic rings. The van der Waals surface area contributed by atoms with Crippen LogP contribution in [0.15, 0.2) is 0 Å². The van der Waals surface area contributed by atoms with Crippen molar-refractivity contribution in [3.63, 3.8) is 0 Å². The zero-order valence-electron chi connectivity index (χ0n) is 11.1. The Morgan fingerprint density at radius 1 is 1.26 bits per heavy atom. The Hall–Kier alpha value is -1.24. The number of carbonyl (C=O) groups is 3. The van der Waals surface area contributed by atoms with E-state index in [1.54, 1.807) is 4.90 Å². The molecule has 2 N–H and O–H groups in total. The van der Waals surface area contributed by atoms with Crippen molar-refractivity contribution in [2.45, 2.75) is 19.8 Å². The molecule has 108 valence electrons. The second-order valence-corrected chi connectivity index (χ2v) is 5.42. The van der Waals surface area contributed by atoms with E-state index in [2.05, 4.69) is 5.32 Å². The topological polar surface area (TPSA) is 86.7 Å². The van der Waals surface area contributed by atoms with Crippen molar-refractivity contribution in [3.05, 3.63) is 0 Å². The Balaban J connectivity index is 2.27. The van der Waals surface area contributed by atoms with Gasteiger partial charge in [-0.05, 0) is 19.8 Å². The number of nitrogens with one attached hydrogen (secondary N) is 1. The number of likely N-dealkylation sites (tertiary alicyclic amines) is 1. The molecule has 0 bridgehead atoms. The lowest BCUT2D eigenvalue weighted by Crippen LogP contribution is -2.43. The molecule has 0 radical (unpaired) electrons. The monoisotopic (exact) mass is 288 g/mol. The summed E-state index contributed by atoms with van der Waals surface area (Å²) in [6, 6.07) is 0. The molecule has 7 heteroatoms. The van der Waals surface area contributed by atoms with Crippen LogP contribution in [0.5, 0.6) is 0 Å². The Morgan fingerprint density at radius 2 is 1.89 bits per heavy atom. The van der Waals surface area contributed by atoms with E-state index in [1.165, 1.54) is 0 Å². The smallest absolute Gasteiger partial charge is 0.313 e. The van der Waals surface area contributed by atoms with Crippen LogP contribution in [-0.2, 0) is 14.4 Å². The summed E-state index contributed by atoms with van der Waals surface area (Å²) in [6.07, 6.45) is 1.36. The third-order valence-electron chi connectivity index (χ3n) is 3.02. The maximum absolute atomic E-state index is 11.8. The standard InChI is InChI=1S/C12H20N2O4S/c1-2-13-12(18)9-3-5-14(6-4-9)10(15)7-19-8-11(16)17/h9H,2-8H2,1H3,(H,13,18)(H,16,17). The van der Waals surface area contributed by atoms with Crippen molar-refractivity contribution < 1.29 is 19.5 Å². The van der Waals surface area contributed by atoms with E-state index in [0.717, 1.165) is 11.8 Å². The Labute approximate surface area is 116 Å². The summed E-state index contributed by atoms with van der Waals surface area (Å²) >= 11 is 1.11. The van der Waals surface area contributed by atoms with Gasteiger partial charge in [-0.25, -0.2) is 0 Å². The van der Waals surface area contributed by atoms with E-state index in [4.69, 9.17) is 5.11 Å². The number of piperidine rings is 1. The lowest BCUT2D eigenvalue weighted by Gasteiger charge is -2.31. The zero-order chi connectivity index (χ0) is 14.3. The maximum atomic E-state index is 11.8. The van der Waals surface area contributed by atoms with Crippen molar-refractivity contribution in [2.24, 2.45) is 5.92 Å². The normalized spacial score (nSPS) is 16.2. The van der Waals surface area contributed by atoms with Crippen LogP contribution in [0.2, 0.25) is 0 Å². The molecule has 1 rings (SSSR count). The van der Waals surface area contributed by atoms with Gasteiger partial charge < -0.3 is 15.3 Å². The highest BCUT2D eigenvalue weighted by Gasteiger charge is 2.26. The fourth-order valence-corrected chi connectivity index (χ4v) is 2.66. The van der Waals surface area contributed by atoms with Gasteiger partial charge in [0.15, 0.2) is 0 Å². The molecular formula is C12H20N2O4S. The van der Waals surface area contributed by atoms with Gasteiger partial charge in [-0.3, -0.25) is 14.4 Å². The molecule has 0 saturated carbocycles. The van der Waals surface area contributed by atoms with Gasteiger partial charge in [-0.15, -0.1) is 11.8 Å². The highest BCUT2D eigenvalue weighted by molar-refractivity contribution is 8.00. The Morgan fingerprint density at radius 3 is 2.42 bits per heavy atom. The minimum atomic E-state index is -0.909. The van der Waals surface area contributed by atoms with Crippen molar-refractivity contribution in [1.29, 1.82) is 0 Å². The van der Waals surface area contributed by atoms with E-state index >= 15 is 0 Å². The number of carbonyl (C=O) groups excluding carboxylic acids is 2. The third-order valence-corrected chi connectivity index (χ3v) is 3.92.